The van der Waals surface area contributed by atoms with E-state index in [0.29, 0.717) is 5.56 Å². The third kappa shape index (κ3) is 2.82. The Balaban J connectivity index is 2.72. The summed E-state index contributed by atoms with van der Waals surface area (Å²) in [6.45, 7) is 1.65. The molecular formula is C15H13F4N. The number of alkyl halides is 3. The molecule has 2 aromatic rings. The lowest BCUT2D eigenvalue weighted by Crippen LogP contribution is -2.10. The maximum Gasteiger partial charge on any atom is 0.417 e. The normalized spacial score (nSPS) is 13.3. The van der Waals surface area contributed by atoms with E-state index in [1.807, 2.05) is 0 Å². The molecular weight excluding hydrogens is 270 g/mol. The average Bonchev–Trinajstić information content (AvgIpc) is 2.37. The Morgan fingerprint density at radius 3 is 2.25 bits per heavy atom. The van der Waals surface area contributed by atoms with E-state index in [1.54, 1.807) is 6.92 Å². The second-order valence-electron chi connectivity index (χ2n) is 4.56. The number of nitrogens with two attached hydrogens (primary N) is 1. The zero-order chi connectivity index (χ0) is 14.9. The van der Waals surface area contributed by atoms with Gasteiger partial charge in [0.05, 0.1) is 5.56 Å². The quantitative estimate of drug-likeness (QED) is 0.805. The molecule has 0 saturated carbocycles. The van der Waals surface area contributed by atoms with Crippen molar-refractivity contribution in [3.05, 3.63) is 59.4 Å². The van der Waals surface area contributed by atoms with Gasteiger partial charge in [0, 0.05) is 6.04 Å². The highest BCUT2D eigenvalue weighted by Gasteiger charge is 2.33. The molecule has 0 aromatic heterocycles. The van der Waals surface area contributed by atoms with E-state index in [9.17, 15) is 17.6 Å². The Morgan fingerprint density at radius 1 is 1.00 bits per heavy atom. The van der Waals surface area contributed by atoms with Crippen LogP contribution in [-0.4, -0.2) is 0 Å². The van der Waals surface area contributed by atoms with Crippen LogP contribution in [0.4, 0.5) is 17.6 Å². The lowest BCUT2D eigenvalue weighted by molar-refractivity contribution is -0.137. The van der Waals surface area contributed by atoms with E-state index in [1.165, 1.54) is 30.3 Å². The molecule has 2 rings (SSSR count). The van der Waals surface area contributed by atoms with E-state index in [4.69, 9.17) is 5.73 Å². The van der Waals surface area contributed by atoms with Crippen LogP contribution in [0.25, 0.3) is 11.1 Å². The van der Waals surface area contributed by atoms with E-state index in [-0.39, 0.29) is 11.1 Å². The second kappa shape index (κ2) is 5.25. The molecule has 5 heteroatoms. The van der Waals surface area contributed by atoms with Gasteiger partial charge in [-0.2, -0.15) is 13.2 Å². The lowest BCUT2D eigenvalue weighted by Gasteiger charge is -2.17. The number of benzene rings is 2. The third-order valence-corrected chi connectivity index (χ3v) is 3.03. The third-order valence-electron chi connectivity index (χ3n) is 3.03. The Hall–Kier alpha value is -1.88. The summed E-state index contributed by atoms with van der Waals surface area (Å²) < 4.78 is 52.5. The van der Waals surface area contributed by atoms with Crippen molar-refractivity contribution in [3.8, 4) is 11.1 Å². The van der Waals surface area contributed by atoms with E-state index in [2.05, 4.69) is 0 Å². The van der Waals surface area contributed by atoms with Crippen molar-refractivity contribution >= 4 is 0 Å². The van der Waals surface area contributed by atoms with Gasteiger partial charge in [0.25, 0.3) is 0 Å². The lowest BCUT2D eigenvalue weighted by atomic mass is 9.92. The standard InChI is InChI=1S/C15H13F4N/c1-9(20)11-7-6-10(16)8-13(11)12-4-2-3-5-14(12)15(17,18)19/h2-9H,20H2,1H3. The van der Waals surface area contributed by atoms with Crippen LogP contribution < -0.4 is 5.73 Å². The highest BCUT2D eigenvalue weighted by Crippen LogP contribution is 2.39. The molecule has 2 aromatic carbocycles. The predicted octanol–water partition coefficient (Wildman–Crippen LogP) is 4.53. The topological polar surface area (TPSA) is 26.0 Å². The Morgan fingerprint density at radius 2 is 1.65 bits per heavy atom. The molecule has 1 unspecified atom stereocenters. The summed E-state index contributed by atoms with van der Waals surface area (Å²) in [7, 11) is 0. The Labute approximate surface area is 114 Å². The second-order valence-corrected chi connectivity index (χ2v) is 4.56. The monoisotopic (exact) mass is 283 g/mol. The van der Waals surface area contributed by atoms with Crippen molar-refractivity contribution in [1.82, 2.24) is 0 Å². The summed E-state index contributed by atoms with van der Waals surface area (Å²) in [5.74, 6) is -0.596. The molecule has 1 atom stereocenters. The van der Waals surface area contributed by atoms with Crippen molar-refractivity contribution in [2.75, 3.05) is 0 Å². The molecule has 0 radical (unpaired) electrons. The summed E-state index contributed by atoms with van der Waals surface area (Å²) in [6.07, 6.45) is -4.50. The van der Waals surface area contributed by atoms with Crippen LogP contribution in [0.5, 0.6) is 0 Å². The molecule has 0 saturated heterocycles. The van der Waals surface area contributed by atoms with Crippen LogP contribution in [0.3, 0.4) is 0 Å². The van der Waals surface area contributed by atoms with Crippen LogP contribution in [0.2, 0.25) is 0 Å². The number of hydrogen-bond donors (Lipinski definition) is 1. The van der Waals surface area contributed by atoms with E-state index in [0.717, 1.165) is 12.1 Å². The number of rotatable bonds is 2. The molecule has 0 amide bonds. The van der Waals surface area contributed by atoms with Crippen molar-refractivity contribution < 1.29 is 17.6 Å². The van der Waals surface area contributed by atoms with Gasteiger partial charge >= 0.3 is 6.18 Å². The zero-order valence-electron chi connectivity index (χ0n) is 10.7. The van der Waals surface area contributed by atoms with Gasteiger partial charge in [0.1, 0.15) is 5.82 Å². The smallest absolute Gasteiger partial charge is 0.324 e. The van der Waals surface area contributed by atoms with Crippen LogP contribution in [-0.2, 0) is 6.18 Å². The molecule has 0 fully saturated rings. The number of halogens is 4. The summed E-state index contributed by atoms with van der Waals surface area (Å²) in [5, 5.41) is 0. The first kappa shape index (κ1) is 14.5. The SMILES string of the molecule is CC(N)c1ccc(F)cc1-c1ccccc1C(F)(F)F. The maximum atomic E-state index is 13.4. The summed E-state index contributed by atoms with van der Waals surface area (Å²) in [4.78, 5) is 0. The maximum absolute atomic E-state index is 13.4. The number of hydrogen-bond acceptors (Lipinski definition) is 1. The van der Waals surface area contributed by atoms with Crippen molar-refractivity contribution in [2.45, 2.75) is 19.1 Å². The fourth-order valence-electron chi connectivity index (χ4n) is 2.12. The fraction of sp³-hybridized carbons (Fsp3) is 0.200. The van der Waals surface area contributed by atoms with Gasteiger partial charge in [-0.15, -0.1) is 0 Å². The average molecular weight is 283 g/mol. The highest BCUT2D eigenvalue weighted by atomic mass is 19.4. The zero-order valence-corrected chi connectivity index (χ0v) is 10.7. The van der Waals surface area contributed by atoms with E-state index < -0.39 is 23.6 Å². The minimum absolute atomic E-state index is 0.0631. The van der Waals surface area contributed by atoms with Gasteiger partial charge < -0.3 is 5.73 Å². The molecule has 2 N–H and O–H groups in total. The van der Waals surface area contributed by atoms with Gasteiger partial charge in [-0.1, -0.05) is 24.3 Å². The van der Waals surface area contributed by atoms with Gasteiger partial charge in [0.2, 0.25) is 0 Å². The minimum Gasteiger partial charge on any atom is -0.324 e. The van der Waals surface area contributed by atoms with Crippen molar-refractivity contribution in [1.29, 1.82) is 0 Å². The van der Waals surface area contributed by atoms with Gasteiger partial charge in [-0.25, -0.2) is 4.39 Å². The molecule has 0 aliphatic rings. The van der Waals surface area contributed by atoms with Gasteiger partial charge in [-0.05, 0) is 41.8 Å². The summed E-state index contributed by atoms with van der Waals surface area (Å²) in [5.41, 5.74) is 5.54. The molecule has 106 valence electrons. The predicted molar refractivity (Wildman–Crippen MR) is 69.4 cm³/mol. The largest absolute Gasteiger partial charge is 0.417 e. The van der Waals surface area contributed by atoms with Crippen LogP contribution in [0, 0.1) is 5.82 Å². The summed E-state index contributed by atoms with van der Waals surface area (Å²) in [6, 6.07) is 8.29. The minimum atomic E-state index is -4.50. The van der Waals surface area contributed by atoms with Gasteiger partial charge in [0.15, 0.2) is 0 Å². The Bertz CT molecular complexity index is 618. The molecule has 20 heavy (non-hydrogen) atoms. The van der Waals surface area contributed by atoms with Crippen LogP contribution in [0.1, 0.15) is 24.1 Å². The molecule has 0 spiro atoms. The molecule has 1 nitrogen and oxygen atoms in total. The molecule has 0 heterocycles. The molecule has 0 aliphatic carbocycles. The van der Waals surface area contributed by atoms with Crippen molar-refractivity contribution in [3.63, 3.8) is 0 Å². The van der Waals surface area contributed by atoms with Crippen LogP contribution >= 0.6 is 0 Å². The highest BCUT2D eigenvalue weighted by molar-refractivity contribution is 5.72. The van der Waals surface area contributed by atoms with E-state index >= 15 is 0 Å². The van der Waals surface area contributed by atoms with Crippen LogP contribution in [0.15, 0.2) is 42.5 Å². The summed E-state index contributed by atoms with van der Waals surface area (Å²) >= 11 is 0. The molecule has 0 bridgehead atoms. The Kier molecular flexibility index (Phi) is 3.81. The first-order valence-electron chi connectivity index (χ1n) is 6.02. The first-order valence-corrected chi connectivity index (χ1v) is 6.02. The first-order chi connectivity index (χ1) is 9.30. The van der Waals surface area contributed by atoms with Crippen molar-refractivity contribution in [2.24, 2.45) is 5.73 Å². The molecule has 0 aliphatic heterocycles. The van der Waals surface area contributed by atoms with Gasteiger partial charge in [-0.3, -0.25) is 0 Å². The fourth-order valence-corrected chi connectivity index (χ4v) is 2.12.